The number of likely N-dealkylation sites (tertiary alicyclic amines) is 1. The van der Waals surface area contributed by atoms with E-state index in [-0.39, 0.29) is 17.2 Å². The van der Waals surface area contributed by atoms with Gasteiger partial charge in [0.2, 0.25) is 11.5 Å². The predicted octanol–water partition coefficient (Wildman–Crippen LogP) is 6.35. The predicted molar refractivity (Wildman–Crippen MR) is 205 cm³/mol. The van der Waals surface area contributed by atoms with Crippen molar-refractivity contribution >= 4 is 22.8 Å². The van der Waals surface area contributed by atoms with Gasteiger partial charge in [0.1, 0.15) is 11.5 Å². The number of H-pyrrole nitrogens is 1. The van der Waals surface area contributed by atoms with Crippen molar-refractivity contribution in [1.29, 1.82) is 0 Å². The van der Waals surface area contributed by atoms with E-state index in [0.29, 0.717) is 68.4 Å². The number of phenolic OH excluding ortho intramolecular Hbond substituents is 1. The van der Waals surface area contributed by atoms with Crippen LogP contribution in [0.2, 0.25) is 0 Å². The number of aromatic amines is 1. The molecule has 0 spiro atoms. The summed E-state index contributed by atoms with van der Waals surface area (Å²) in [7, 11) is 0. The van der Waals surface area contributed by atoms with Crippen molar-refractivity contribution in [3.05, 3.63) is 130 Å². The topological polar surface area (TPSA) is 152 Å². The van der Waals surface area contributed by atoms with Crippen molar-refractivity contribution in [2.45, 2.75) is 56.5 Å². The van der Waals surface area contributed by atoms with Crippen molar-refractivity contribution in [2.75, 3.05) is 32.8 Å². The highest BCUT2D eigenvalue weighted by Crippen LogP contribution is 2.37. The number of pyridine rings is 1. The number of aromatic nitrogens is 1. The van der Waals surface area contributed by atoms with Gasteiger partial charge >= 0.3 is 5.97 Å². The Kier molecular flexibility index (Phi) is 12.2. The molecular formula is C43H47N3O7. The summed E-state index contributed by atoms with van der Waals surface area (Å²) in [6.07, 6.45) is 3.60. The second-order valence-corrected chi connectivity index (χ2v) is 13.7. The molecule has 0 bridgehead atoms. The number of carboxylic acid groups (broad SMARTS) is 1. The average molecular weight is 718 g/mol. The zero-order valence-electron chi connectivity index (χ0n) is 29.8. The number of phenols is 1. The maximum Gasteiger partial charge on any atom is 0.314 e. The molecule has 276 valence electrons. The van der Waals surface area contributed by atoms with Crippen LogP contribution in [-0.4, -0.2) is 69.9 Å². The molecule has 6 rings (SSSR count). The molecule has 1 aliphatic heterocycles. The monoisotopic (exact) mass is 717 g/mol. The van der Waals surface area contributed by atoms with Crippen LogP contribution < -0.4 is 15.6 Å². The van der Waals surface area contributed by atoms with Gasteiger partial charge in [-0.05, 0) is 91.6 Å². The molecular weight excluding hydrogens is 670 g/mol. The third-order valence-electron chi connectivity index (χ3n) is 10.3. The van der Waals surface area contributed by atoms with Crippen molar-refractivity contribution in [3.63, 3.8) is 0 Å². The van der Waals surface area contributed by atoms with Crippen LogP contribution in [0, 0.1) is 0 Å². The number of benzene rings is 4. The van der Waals surface area contributed by atoms with Crippen molar-refractivity contribution in [1.82, 2.24) is 15.2 Å². The summed E-state index contributed by atoms with van der Waals surface area (Å²) in [5.41, 5.74) is 3.52. The Labute approximate surface area is 309 Å². The summed E-state index contributed by atoms with van der Waals surface area (Å²) in [4.78, 5) is 41.7. The molecule has 5 N–H and O–H groups in total. The summed E-state index contributed by atoms with van der Waals surface area (Å²) in [5, 5.41) is 34.9. The number of amides is 1. The van der Waals surface area contributed by atoms with Gasteiger partial charge in [-0.25, -0.2) is 0 Å². The number of hydrogen-bond donors (Lipinski definition) is 5. The van der Waals surface area contributed by atoms with Crippen LogP contribution in [0.15, 0.2) is 108 Å². The van der Waals surface area contributed by atoms with Gasteiger partial charge in [-0.1, -0.05) is 72.8 Å². The fourth-order valence-electron chi connectivity index (χ4n) is 7.24. The van der Waals surface area contributed by atoms with Crippen molar-refractivity contribution in [2.24, 2.45) is 0 Å². The highest BCUT2D eigenvalue weighted by atomic mass is 16.5. The van der Waals surface area contributed by atoms with E-state index in [9.17, 15) is 29.7 Å². The van der Waals surface area contributed by atoms with Crippen LogP contribution in [0.4, 0.5) is 0 Å². The number of unbranched alkanes of at least 4 members (excludes halogenated alkanes) is 2. The molecule has 1 fully saturated rings. The van der Waals surface area contributed by atoms with Gasteiger partial charge in [0.05, 0.1) is 23.6 Å². The number of aliphatic carboxylic acids is 1. The first kappa shape index (κ1) is 37.3. The van der Waals surface area contributed by atoms with Gasteiger partial charge in [-0.3, -0.25) is 14.4 Å². The Morgan fingerprint density at radius 2 is 1.62 bits per heavy atom. The minimum Gasteiger partial charge on any atom is -0.506 e. The summed E-state index contributed by atoms with van der Waals surface area (Å²) in [5.74, 6) is -0.0443. The number of aliphatic hydroxyl groups excluding tert-OH is 1. The van der Waals surface area contributed by atoms with E-state index in [1.165, 1.54) is 12.1 Å². The number of aromatic hydroxyl groups is 1. The van der Waals surface area contributed by atoms with Crippen LogP contribution in [0.3, 0.4) is 0 Å². The van der Waals surface area contributed by atoms with Gasteiger partial charge in [0.25, 0.3) is 0 Å². The first-order valence-corrected chi connectivity index (χ1v) is 18.4. The number of fused-ring (bicyclic) bond motifs is 1. The third kappa shape index (κ3) is 8.96. The van der Waals surface area contributed by atoms with E-state index in [4.69, 9.17) is 4.74 Å². The molecule has 0 radical (unpaired) electrons. The van der Waals surface area contributed by atoms with Crippen LogP contribution >= 0.6 is 0 Å². The molecule has 1 aliphatic rings. The first-order chi connectivity index (χ1) is 25.7. The van der Waals surface area contributed by atoms with E-state index < -0.39 is 17.5 Å². The van der Waals surface area contributed by atoms with Gasteiger partial charge < -0.3 is 35.3 Å². The fraction of sp³-hybridized carbons (Fsp3) is 0.326. The van der Waals surface area contributed by atoms with Gasteiger partial charge in [-0.2, -0.15) is 0 Å². The minimum atomic E-state index is -0.963. The number of nitrogens with one attached hydrogen (secondary N) is 2. The molecule has 1 aromatic heterocycles. The lowest BCUT2D eigenvalue weighted by Gasteiger charge is -2.39. The molecule has 0 aliphatic carbocycles. The van der Waals surface area contributed by atoms with Gasteiger partial charge in [-0.15, -0.1) is 0 Å². The van der Waals surface area contributed by atoms with E-state index in [1.54, 1.807) is 17.0 Å². The molecule has 1 atom stereocenters. The number of carbonyl (C=O) groups is 2. The van der Waals surface area contributed by atoms with Crippen molar-refractivity contribution in [3.8, 4) is 22.6 Å². The first-order valence-electron chi connectivity index (χ1n) is 18.4. The highest BCUT2D eigenvalue weighted by molar-refractivity contribution is 5.87. The molecule has 0 saturated carbocycles. The molecule has 10 nitrogen and oxygen atoms in total. The average Bonchev–Trinajstić information content (AvgIpc) is 3.19. The maximum absolute atomic E-state index is 13.3. The number of carboxylic acids is 1. The number of rotatable bonds is 16. The molecule has 1 saturated heterocycles. The molecule has 2 heterocycles. The van der Waals surface area contributed by atoms with E-state index in [0.717, 1.165) is 53.8 Å². The Bertz CT molecular complexity index is 2060. The number of nitrogens with zero attached hydrogens (tertiary/aromatic N) is 1. The third-order valence-corrected chi connectivity index (χ3v) is 10.3. The number of hydrogen-bond acceptors (Lipinski definition) is 7. The molecule has 1 amide bonds. The Morgan fingerprint density at radius 1 is 0.887 bits per heavy atom. The van der Waals surface area contributed by atoms with Gasteiger partial charge in [0.15, 0.2) is 0 Å². The standard InChI is InChI=1S/C43H47N3O7/c47-36-18-16-33(34-17-20-39(49)45-41(34)36)37(48)29-44-24-8-3-9-27-53-38-19-14-30(28-35(38)31-10-4-1-5-11-31)15-21-40(50)46-25-22-43(23-26-46,42(51)52)32-12-6-2-7-13-32/h1-2,4-7,10-14,16-20,28,37,44,47-48H,3,8-9,15,21-27,29H2,(H,45,49)(H,51,52)/t37-/m0/s1. The zero-order chi connectivity index (χ0) is 37.2. The number of piperidine rings is 1. The Morgan fingerprint density at radius 3 is 2.36 bits per heavy atom. The van der Waals surface area contributed by atoms with E-state index in [1.807, 2.05) is 72.8 Å². The SMILES string of the molecule is O=C(CCc1ccc(OCCCCCNC[C@H](O)c2ccc(O)c3[nH]c(=O)ccc23)c(-c2ccccc2)c1)N1CCC(C(=O)O)(c2ccccc2)CC1. The van der Waals surface area contributed by atoms with Crippen molar-refractivity contribution < 1.29 is 29.6 Å². The molecule has 5 aromatic rings. The number of carbonyl (C=O) groups excluding carboxylic acids is 1. The number of ether oxygens (including phenoxy) is 1. The van der Waals surface area contributed by atoms with E-state index >= 15 is 0 Å². The highest BCUT2D eigenvalue weighted by Gasteiger charge is 2.43. The summed E-state index contributed by atoms with van der Waals surface area (Å²) >= 11 is 0. The molecule has 4 aromatic carbocycles. The van der Waals surface area contributed by atoms with Gasteiger partial charge in [0, 0.05) is 43.1 Å². The van der Waals surface area contributed by atoms with Crippen LogP contribution in [0.25, 0.3) is 22.0 Å². The lowest BCUT2D eigenvalue weighted by atomic mass is 9.73. The quantitative estimate of drug-likeness (QED) is 0.0741. The smallest absolute Gasteiger partial charge is 0.314 e. The summed E-state index contributed by atoms with van der Waals surface area (Å²) < 4.78 is 6.27. The minimum absolute atomic E-state index is 0.0344. The van der Waals surface area contributed by atoms with Crippen LogP contribution in [-0.2, 0) is 21.4 Å². The van der Waals surface area contributed by atoms with Crippen LogP contribution in [0.1, 0.15) is 61.3 Å². The second-order valence-electron chi connectivity index (χ2n) is 13.7. The molecule has 0 unspecified atom stereocenters. The zero-order valence-corrected chi connectivity index (χ0v) is 29.8. The molecule has 10 heteroatoms. The lowest BCUT2D eigenvalue weighted by molar-refractivity contribution is -0.148. The second kappa shape index (κ2) is 17.4. The Hall–Kier alpha value is -5.45. The number of aliphatic hydroxyl groups is 1. The van der Waals surface area contributed by atoms with Crippen LogP contribution in [0.5, 0.6) is 11.5 Å². The fourth-order valence-corrected chi connectivity index (χ4v) is 7.24. The molecule has 53 heavy (non-hydrogen) atoms. The maximum atomic E-state index is 13.3. The number of aryl methyl sites for hydroxylation is 1. The Balaban J connectivity index is 0.964. The summed E-state index contributed by atoms with van der Waals surface area (Å²) in [6.45, 7) is 2.44. The normalized spacial score (nSPS) is 14.5. The largest absolute Gasteiger partial charge is 0.506 e. The summed E-state index contributed by atoms with van der Waals surface area (Å²) in [6, 6.07) is 31.6. The lowest BCUT2D eigenvalue weighted by Crippen LogP contribution is -2.49. The van der Waals surface area contributed by atoms with E-state index in [2.05, 4.69) is 16.4 Å².